The number of hydrogen-bond donors (Lipinski definition) is 3. The minimum atomic E-state index is -0.214. The van der Waals surface area contributed by atoms with Gasteiger partial charge in [0, 0.05) is 21.5 Å². The van der Waals surface area contributed by atoms with Gasteiger partial charge in [-0.05, 0) is 33.6 Å². The highest BCUT2D eigenvalue weighted by molar-refractivity contribution is 9.11. The van der Waals surface area contributed by atoms with Crippen molar-refractivity contribution in [3.8, 4) is 0 Å². The molecule has 1 atom stereocenters. The van der Waals surface area contributed by atoms with Crippen molar-refractivity contribution in [3.63, 3.8) is 0 Å². The summed E-state index contributed by atoms with van der Waals surface area (Å²) in [5.74, 6) is 0. The van der Waals surface area contributed by atoms with Gasteiger partial charge in [-0.2, -0.15) is 0 Å². The average Bonchev–Trinajstić information content (AvgIpc) is 2.10. The van der Waals surface area contributed by atoms with Gasteiger partial charge in [0.1, 0.15) is 0 Å². The Balaban J connectivity index is 0.00000169. The molecule has 1 aromatic rings. The third kappa shape index (κ3) is 3.10. The van der Waals surface area contributed by atoms with E-state index in [-0.39, 0.29) is 18.4 Å². The van der Waals surface area contributed by atoms with Crippen molar-refractivity contribution in [3.05, 3.63) is 26.6 Å². The van der Waals surface area contributed by atoms with Crippen molar-refractivity contribution in [1.82, 2.24) is 0 Å². The van der Waals surface area contributed by atoms with Crippen LogP contribution in [0.3, 0.4) is 0 Å². The lowest BCUT2D eigenvalue weighted by Crippen LogP contribution is -2.22. The molecule has 0 amide bonds. The molecule has 0 saturated carbocycles. The molecule has 6 heteroatoms. The fourth-order valence-electron chi connectivity index (χ4n) is 1.04. The maximum absolute atomic E-state index is 5.82. The highest BCUT2D eigenvalue weighted by atomic mass is 79.9. The van der Waals surface area contributed by atoms with E-state index >= 15 is 0 Å². The Hall–Kier alpha value is 0.190. The molecular weight excluding hydrogens is 333 g/mol. The van der Waals surface area contributed by atoms with E-state index in [0.29, 0.717) is 12.2 Å². The third-order valence-corrected chi connectivity index (χ3v) is 2.89. The molecule has 6 N–H and O–H groups in total. The van der Waals surface area contributed by atoms with Crippen LogP contribution in [0.15, 0.2) is 21.1 Å². The Morgan fingerprint density at radius 2 is 1.86 bits per heavy atom. The van der Waals surface area contributed by atoms with Gasteiger partial charge in [-0.1, -0.05) is 15.9 Å². The van der Waals surface area contributed by atoms with Crippen LogP contribution in [0.5, 0.6) is 0 Å². The average molecular weight is 345 g/mol. The molecular formula is C8H12Br2ClN3. The number of halogens is 3. The molecule has 0 fully saturated rings. The van der Waals surface area contributed by atoms with Gasteiger partial charge >= 0.3 is 0 Å². The zero-order valence-corrected chi connectivity index (χ0v) is 11.3. The minimum absolute atomic E-state index is 0. The summed E-state index contributed by atoms with van der Waals surface area (Å²) < 4.78 is 1.77. The summed E-state index contributed by atoms with van der Waals surface area (Å²) in [5, 5.41) is 0. The van der Waals surface area contributed by atoms with Gasteiger partial charge in [0.25, 0.3) is 0 Å². The second kappa shape index (κ2) is 5.92. The fraction of sp³-hybridized carbons (Fsp3) is 0.250. The number of nitrogen functional groups attached to an aromatic ring is 1. The van der Waals surface area contributed by atoms with Crippen LogP contribution in [0.1, 0.15) is 11.6 Å². The molecule has 0 unspecified atom stereocenters. The first-order valence-electron chi connectivity index (χ1n) is 3.76. The summed E-state index contributed by atoms with van der Waals surface area (Å²) in [4.78, 5) is 0. The maximum Gasteiger partial charge on any atom is 0.0508 e. The quantitative estimate of drug-likeness (QED) is 0.719. The van der Waals surface area contributed by atoms with E-state index in [1.807, 2.05) is 12.1 Å². The lowest BCUT2D eigenvalue weighted by Gasteiger charge is -2.13. The third-order valence-electron chi connectivity index (χ3n) is 1.78. The summed E-state index contributed by atoms with van der Waals surface area (Å²) in [6.07, 6.45) is 0. The number of benzene rings is 1. The Morgan fingerprint density at radius 3 is 2.36 bits per heavy atom. The largest absolute Gasteiger partial charge is 0.398 e. The van der Waals surface area contributed by atoms with Gasteiger partial charge in [0.15, 0.2) is 0 Å². The van der Waals surface area contributed by atoms with Crippen LogP contribution in [0, 0.1) is 0 Å². The van der Waals surface area contributed by atoms with Crippen molar-refractivity contribution >= 4 is 50.0 Å². The Labute approximate surface area is 106 Å². The lowest BCUT2D eigenvalue weighted by molar-refractivity contribution is 0.738. The van der Waals surface area contributed by atoms with Crippen molar-refractivity contribution in [2.24, 2.45) is 11.5 Å². The van der Waals surface area contributed by atoms with Crippen molar-refractivity contribution < 1.29 is 0 Å². The van der Waals surface area contributed by atoms with Crippen molar-refractivity contribution in [1.29, 1.82) is 0 Å². The summed E-state index contributed by atoms with van der Waals surface area (Å²) in [6.45, 7) is 0.382. The monoisotopic (exact) mass is 343 g/mol. The van der Waals surface area contributed by atoms with E-state index in [2.05, 4.69) is 31.9 Å². The summed E-state index contributed by atoms with van der Waals surface area (Å²) >= 11 is 6.71. The molecule has 0 radical (unpaired) electrons. The second-order valence-corrected chi connectivity index (χ2v) is 4.50. The SMILES string of the molecule is Cl.NC[C@@H](N)c1cc(Br)cc(Br)c1N. The molecule has 80 valence electrons. The molecule has 0 aliphatic carbocycles. The molecule has 0 aliphatic rings. The van der Waals surface area contributed by atoms with Crippen molar-refractivity contribution in [2.75, 3.05) is 12.3 Å². The molecule has 0 aromatic heterocycles. The fourth-order valence-corrected chi connectivity index (χ4v) is 2.30. The normalized spacial score (nSPS) is 12.0. The predicted molar refractivity (Wildman–Crippen MR) is 69.5 cm³/mol. The molecule has 0 spiro atoms. The number of rotatable bonds is 2. The van der Waals surface area contributed by atoms with E-state index in [4.69, 9.17) is 17.2 Å². The van der Waals surface area contributed by atoms with Crippen LogP contribution < -0.4 is 17.2 Å². The minimum Gasteiger partial charge on any atom is -0.398 e. The van der Waals surface area contributed by atoms with Gasteiger partial charge in [-0.3, -0.25) is 0 Å². The summed E-state index contributed by atoms with van der Waals surface area (Å²) in [7, 11) is 0. The molecule has 0 bridgehead atoms. The highest BCUT2D eigenvalue weighted by Crippen LogP contribution is 2.30. The molecule has 0 heterocycles. The number of nitrogens with two attached hydrogens (primary N) is 3. The summed E-state index contributed by atoms with van der Waals surface area (Å²) in [6, 6.07) is 3.55. The lowest BCUT2D eigenvalue weighted by atomic mass is 10.1. The van der Waals surface area contributed by atoms with E-state index in [1.165, 1.54) is 0 Å². The van der Waals surface area contributed by atoms with Gasteiger partial charge in [-0.15, -0.1) is 12.4 Å². The van der Waals surface area contributed by atoms with Crippen LogP contribution in [0.2, 0.25) is 0 Å². The Bertz CT molecular complexity index is 320. The molecule has 14 heavy (non-hydrogen) atoms. The molecule has 0 aliphatic heterocycles. The van der Waals surface area contributed by atoms with E-state index in [0.717, 1.165) is 14.5 Å². The first kappa shape index (κ1) is 14.2. The zero-order valence-electron chi connectivity index (χ0n) is 7.34. The molecule has 0 saturated heterocycles. The van der Waals surface area contributed by atoms with Crippen molar-refractivity contribution in [2.45, 2.75) is 6.04 Å². The number of hydrogen-bond acceptors (Lipinski definition) is 3. The van der Waals surface area contributed by atoms with Crippen LogP contribution in [-0.2, 0) is 0 Å². The van der Waals surface area contributed by atoms with Crippen LogP contribution in [0.25, 0.3) is 0 Å². The molecule has 3 nitrogen and oxygen atoms in total. The van der Waals surface area contributed by atoms with E-state index in [1.54, 1.807) is 0 Å². The predicted octanol–water partition coefficient (Wildman–Crippen LogP) is 2.17. The standard InChI is InChI=1S/C8H11Br2N3.ClH/c9-4-1-5(7(12)3-11)8(13)6(10)2-4;/h1-2,7H,3,11-13H2;1H/t7-;/m1./s1. The number of anilines is 1. The smallest absolute Gasteiger partial charge is 0.0508 e. The zero-order chi connectivity index (χ0) is 10.0. The van der Waals surface area contributed by atoms with E-state index in [9.17, 15) is 0 Å². The van der Waals surface area contributed by atoms with Gasteiger partial charge in [-0.25, -0.2) is 0 Å². The highest BCUT2D eigenvalue weighted by Gasteiger charge is 2.11. The maximum atomic E-state index is 5.82. The van der Waals surface area contributed by atoms with Crippen LogP contribution in [-0.4, -0.2) is 6.54 Å². The Morgan fingerprint density at radius 1 is 1.29 bits per heavy atom. The van der Waals surface area contributed by atoms with Crippen LogP contribution >= 0.6 is 44.3 Å². The van der Waals surface area contributed by atoms with Crippen LogP contribution in [0.4, 0.5) is 5.69 Å². The topological polar surface area (TPSA) is 78.1 Å². The van der Waals surface area contributed by atoms with Gasteiger partial charge in [0.2, 0.25) is 0 Å². The van der Waals surface area contributed by atoms with Gasteiger partial charge < -0.3 is 17.2 Å². The first-order valence-corrected chi connectivity index (χ1v) is 5.35. The molecule has 1 aromatic carbocycles. The molecule has 1 rings (SSSR count). The van der Waals surface area contributed by atoms with E-state index < -0.39 is 0 Å². The second-order valence-electron chi connectivity index (χ2n) is 2.73. The Kier molecular flexibility index (Phi) is 6.00. The van der Waals surface area contributed by atoms with Gasteiger partial charge in [0.05, 0.1) is 5.69 Å². The first-order chi connectivity index (χ1) is 6.06. The summed E-state index contributed by atoms with van der Waals surface area (Å²) in [5.41, 5.74) is 18.6.